The van der Waals surface area contributed by atoms with Gasteiger partial charge in [0.15, 0.2) is 0 Å². The summed E-state index contributed by atoms with van der Waals surface area (Å²) in [6.07, 6.45) is 5.31. The van der Waals surface area contributed by atoms with E-state index in [1.807, 2.05) is 5.51 Å². The van der Waals surface area contributed by atoms with E-state index in [0.29, 0.717) is 6.04 Å². The van der Waals surface area contributed by atoms with Crippen molar-refractivity contribution in [3.63, 3.8) is 0 Å². The van der Waals surface area contributed by atoms with Crippen LogP contribution in [0.2, 0.25) is 0 Å². The molecule has 2 unspecified atom stereocenters. The molecule has 5 heteroatoms. The van der Waals surface area contributed by atoms with Crippen LogP contribution in [0.4, 0.5) is 0 Å². The predicted octanol–water partition coefficient (Wildman–Crippen LogP) is 2.18. The van der Waals surface area contributed by atoms with Gasteiger partial charge in [0, 0.05) is 43.2 Å². The molecule has 2 aliphatic rings. The summed E-state index contributed by atoms with van der Waals surface area (Å²) in [6, 6.07) is 2.21. The first-order valence-corrected chi connectivity index (χ1v) is 8.53. The van der Waals surface area contributed by atoms with Crippen molar-refractivity contribution in [3.05, 3.63) is 16.1 Å². The molecule has 112 valence electrons. The van der Waals surface area contributed by atoms with Crippen molar-refractivity contribution < 1.29 is 4.74 Å². The highest BCUT2D eigenvalue weighted by molar-refractivity contribution is 7.09. The first-order valence-electron chi connectivity index (χ1n) is 7.65. The van der Waals surface area contributed by atoms with Crippen LogP contribution in [0.3, 0.4) is 0 Å². The standard InChI is InChI=1S/C15H25N3OS/c1-11-15(20-10-17-11)9-16-12-7-13-3-4-14(8-12)18(13)5-6-19-2/h10,12-14,16H,3-9H2,1-2H3. The van der Waals surface area contributed by atoms with Crippen molar-refractivity contribution >= 4 is 11.3 Å². The Morgan fingerprint density at radius 3 is 2.75 bits per heavy atom. The second kappa shape index (κ2) is 6.52. The number of hydrogen-bond donors (Lipinski definition) is 1. The minimum absolute atomic E-state index is 0.674. The van der Waals surface area contributed by atoms with Crippen LogP contribution in [0.25, 0.3) is 0 Å². The third-order valence-corrected chi connectivity index (χ3v) is 5.77. The van der Waals surface area contributed by atoms with E-state index in [9.17, 15) is 0 Å². The van der Waals surface area contributed by atoms with Crippen molar-refractivity contribution in [2.45, 2.75) is 57.3 Å². The Bertz CT molecular complexity index is 423. The van der Waals surface area contributed by atoms with E-state index in [0.717, 1.165) is 31.8 Å². The molecular weight excluding hydrogens is 270 g/mol. The van der Waals surface area contributed by atoms with Crippen LogP contribution in [0.1, 0.15) is 36.3 Å². The minimum Gasteiger partial charge on any atom is -0.383 e. The number of nitrogens with zero attached hydrogens (tertiary/aromatic N) is 2. The van der Waals surface area contributed by atoms with E-state index in [-0.39, 0.29) is 0 Å². The van der Waals surface area contributed by atoms with Gasteiger partial charge in [0.05, 0.1) is 17.8 Å². The third-order valence-electron chi connectivity index (χ3n) is 4.83. The second-order valence-electron chi connectivity index (χ2n) is 6.03. The predicted molar refractivity (Wildman–Crippen MR) is 82.1 cm³/mol. The SMILES string of the molecule is COCCN1C2CCC1CC(NCc1scnc1C)C2. The smallest absolute Gasteiger partial charge is 0.0798 e. The largest absolute Gasteiger partial charge is 0.383 e. The lowest BCUT2D eigenvalue weighted by atomic mass is 9.97. The van der Waals surface area contributed by atoms with Crippen LogP contribution in [0, 0.1) is 6.92 Å². The zero-order valence-electron chi connectivity index (χ0n) is 12.5. The second-order valence-corrected chi connectivity index (χ2v) is 6.97. The van der Waals surface area contributed by atoms with Gasteiger partial charge in [0.2, 0.25) is 0 Å². The molecule has 0 saturated carbocycles. The van der Waals surface area contributed by atoms with Gasteiger partial charge in [-0.15, -0.1) is 11.3 Å². The summed E-state index contributed by atoms with van der Waals surface area (Å²) >= 11 is 1.77. The van der Waals surface area contributed by atoms with Crippen LogP contribution in [-0.4, -0.2) is 48.3 Å². The molecule has 2 bridgehead atoms. The summed E-state index contributed by atoms with van der Waals surface area (Å²) in [7, 11) is 1.80. The highest BCUT2D eigenvalue weighted by Crippen LogP contribution is 2.35. The molecule has 3 heterocycles. The van der Waals surface area contributed by atoms with Crippen LogP contribution in [0.5, 0.6) is 0 Å². The maximum Gasteiger partial charge on any atom is 0.0798 e. The number of methoxy groups -OCH3 is 1. The maximum absolute atomic E-state index is 5.24. The van der Waals surface area contributed by atoms with E-state index >= 15 is 0 Å². The van der Waals surface area contributed by atoms with E-state index in [1.54, 1.807) is 18.4 Å². The van der Waals surface area contributed by atoms with Gasteiger partial charge in [-0.1, -0.05) is 0 Å². The van der Waals surface area contributed by atoms with E-state index < -0.39 is 0 Å². The molecule has 2 aliphatic heterocycles. The fourth-order valence-electron chi connectivity index (χ4n) is 3.74. The number of rotatable bonds is 6. The molecule has 2 fully saturated rings. The van der Waals surface area contributed by atoms with Gasteiger partial charge in [-0.3, -0.25) is 4.90 Å². The zero-order chi connectivity index (χ0) is 13.9. The average Bonchev–Trinajstić information content (AvgIpc) is 2.95. The summed E-state index contributed by atoms with van der Waals surface area (Å²) < 4.78 is 5.24. The van der Waals surface area contributed by atoms with Gasteiger partial charge >= 0.3 is 0 Å². The summed E-state index contributed by atoms with van der Waals surface area (Å²) in [5.41, 5.74) is 3.13. The molecular formula is C15H25N3OS. The quantitative estimate of drug-likeness (QED) is 0.873. The molecule has 3 rings (SSSR count). The van der Waals surface area contributed by atoms with Gasteiger partial charge in [-0.2, -0.15) is 0 Å². The Labute approximate surface area is 125 Å². The summed E-state index contributed by atoms with van der Waals surface area (Å²) in [4.78, 5) is 8.39. The Morgan fingerprint density at radius 2 is 2.15 bits per heavy atom. The summed E-state index contributed by atoms with van der Waals surface area (Å²) in [5.74, 6) is 0. The highest BCUT2D eigenvalue weighted by atomic mass is 32.1. The molecule has 0 radical (unpaired) electrons. The first kappa shape index (κ1) is 14.4. The van der Waals surface area contributed by atoms with Crippen LogP contribution in [0.15, 0.2) is 5.51 Å². The molecule has 2 atom stereocenters. The molecule has 0 aromatic carbocycles. The number of thiazole rings is 1. The van der Waals surface area contributed by atoms with Crippen molar-refractivity contribution in [1.29, 1.82) is 0 Å². The fourth-order valence-corrected chi connectivity index (χ4v) is 4.46. The first-order chi connectivity index (χ1) is 9.78. The summed E-state index contributed by atoms with van der Waals surface area (Å²) in [5, 5.41) is 3.75. The van der Waals surface area contributed by atoms with Gasteiger partial charge in [-0.05, 0) is 32.6 Å². The third kappa shape index (κ3) is 3.06. The Hall–Kier alpha value is -0.490. The van der Waals surface area contributed by atoms with Crippen molar-refractivity contribution in [2.75, 3.05) is 20.3 Å². The molecule has 2 saturated heterocycles. The normalized spacial score (nSPS) is 30.0. The fraction of sp³-hybridized carbons (Fsp3) is 0.800. The highest BCUT2D eigenvalue weighted by Gasteiger charge is 2.39. The minimum atomic E-state index is 0.674. The lowest BCUT2D eigenvalue weighted by Gasteiger charge is -2.39. The number of aromatic nitrogens is 1. The number of fused-ring (bicyclic) bond motifs is 2. The number of ether oxygens (including phenoxy) is 1. The monoisotopic (exact) mass is 295 g/mol. The maximum atomic E-state index is 5.24. The molecule has 20 heavy (non-hydrogen) atoms. The number of hydrogen-bond acceptors (Lipinski definition) is 5. The number of nitrogens with one attached hydrogen (secondary N) is 1. The molecule has 4 nitrogen and oxygen atoms in total. The topological polar surface area (TPSA) is 37.4 Å². The van der Waals surface area contributed by atoms with Gasteiger partial charge in [0.1, 0.15) is 0 Å². The molecule has 0 amide bonds. The lowest BCUT2D eigenvalue weighted by molar-refractivity contribution is 0.0775. The molecule has 0 spiro atoms. The van der Waals surface area contributed by atoms with E-state index in [4.69, 9.17) is 4.74 Å². The molecule has 1 N–H and O–H groups in total. The zero-order valence-corrected chi connectivity index (χ0v) is 13.3. The van der Waals surface area contributed by atoms with Crippen molar-refractivity contribution in [2.24, 2.45) is 0 Å². The molecule has 0 aliphatic carbocycles. The Balaban J connectivity index is 1.51. The number of aryl methyl sites for hydroxylation is 1. The lowest BCUT2D eigenvalue weighted by Crippen LogP contribution is -2.49. The number of piperidine rings is 1. The summed E-state index contributed by atoms with van der Waals surface area (Å²) in [6.45, 7) is 5.06. The Morgan fingerprint density at radius 1 is 1.40 bits per heavy atom. The van der Waals surface area contributed by atoms with Gasteiger partial charge in [0.25, 0.3) is 0 Å². The molecule has 1 aromatic rings. The Kier molecular flexibility index (Phi) is 4.71. The van der Waals surface area contributed by atoms with Gasteiger partial charge in [-0.25, -0.2) is 4.98 Å². The van der Waals surface area contributed by atoms with Crippen LogP contribution in [-0.2, 0) is 11.3 Å². The van der Waals surface area contributed by atoms with Crippen molar-refractivity contribution in [3.8, 4) is 0 Å². The van der Waals surface area contributed by atoms with Gasteiger partial charge < -0.3 is 10.1 Å². The molecule has 1 aromatic heterocycles. The van der Waals surface area contributed by atoms with Crippen molar-refractivity contribution in [1.82, 2.24) is 15.2 Å². The van der Waals surface area contributed by atoms with E-state index in [2.05, 4.69) is 22.1 Å². The van der Waals surface area contributed by atoms with Crippen LogP contribution < -0.4 is 5.32 Å². The van der Waals surface area contributed by atoms with E-state index in [1.165, 1.54) is 36.3 Å². The average molecular weight is 295 g/mol. The van der Waals surface area contributed by atoms with Crippen LogP contribution >= 0.6 is 11.3 Å².